The third-order valence-electron chi connectivity index (χ3n) is 5.69. The summed E-state index contributed by atoms with van der Waals surface area (Å²) in [6, 6.07) is 9.20. The van der Waals surface area contributed by atoms with Crippen molar-refractivity contribution in [2.45, 2.75) is 31.6 Å². The van der Waals surface area contributed by atoms with Crippen LogP contribution >= 0.6 is 0 Å². The van der Waals surface area contributed by atoms with Gasteiger partial charge in [-0.1, -0.05) is 6.07 Å². The van der Waals surface area contributed by atoms with Gasteiger partial charge >= 0.3 is 0 Å². The van der Waals surface area contributed by atoms with Gasteiger partial charge in [-0.15, -0.1) is 0 Å². The van der Waals surface area contributed by atoms with Crippen LogP contribution in [0.5, 0.6) is 5.75 Å². The Morgan fingerprint density at radius 3 is 2.57 bits per heavy atom. The van der Waals surface area contributed by atoms with Crippen LogP contribution in [0.25, 0.3) is 0 Å². The molecular formula is C22H27FN2O4S. The Morgan fingerprint density at radius 1 is 1.17 bits per heavy atom. The van der Waals surface area contributed by atoms with Crippen molar-refractivity contribution in [2.75, 3.05) is 32.1 Å². The van der Waals surface area contributed by atoms with E-state index in [0.29, 0.717) is 12.8 Å². The van der Waals surface area contributed by atoms with Crippen LogP contribution in [-0.2, 0) is 14.8 Å². The quantitative estimate of drug-likeness (QED) is 0.722. The Labute approximate surface area is 177 Å². The molecule has 2 aromatic carbocycles. The summed E-state index contributed by atoms with van der Waals surface area (Å²) < 4.78 is 46.4. The molecular weight excluding hydrogens is 407 g/mol. The highest BCUT2D eigenvalue weighted by atomic mass is 32.2. The summed E-state index contributed by atoms with van der Waals surface area (Å²) in [7, 11) is -0.954. The summed E-state index contributed by atoms with van der Waals surface area (Å²) in [5, 5.41) is 0. The standard InChI is InChI=1S/C22H27FN2O4S/c1-15-7-9-19(12-16(15)2)24(3)22(26)17-6-5-11-25(14-17)30(27,28)21-13-18(23)8-10-20(21)29-4/h7-10,12-13,17H,5-6,11,14H2,1-4H3. The van der Waals surface area contributed by atoms with E-state index < -0.39 is 21.8 Å². The minimum atomic E-state index is -4.00. The molecule has 1 saturated heterocycles. The Morgan fingerprint density at radius 2 is 1.90 bits per heavy atom. The number of anilines is 1. The second kappa shape index (κ2) is 8.73. The normalized spacial score (nSPS) is 17.6. The van der Waals surface area contributed by atoms with Crippen LogP contribution < -0.4 is 9.64 Å². The highest BCUT2D eigenvalue weighted by molar-refractivity contribution is 7.89. The van der Waals surface area contributed by atoms with Gasteiger partial charge in [0.05, 0.1) is 13.0 Å². The molecule has 30 heavy (non-hydrogen) atoms. The summed E-state index contributed by atoms with van der Waals surface area (Å²) in [6.07, 6.45) is 1.15. The summed E-state index contributed by atoms with van der Waals surface area (Å²) in [5.41, 5.74) is 2.99. The molecule has 1 unspecified atom stereocenters. The van der Waals surface area contributed by atoms with E-state index >= 15 is 0 Å². The summed E-state index contributed by atoms with van der Waals surface area (Å²) in [6.45, 7) is 4.32. The molecule has 1 fully saturated rings. The van der Waals surface area contributed by atoms with Gasteiger partial charge in [-0.05, 0) is 68.1 Å². The van der Waals surface area contributed by atoms with Crippen molar-refractivity contribution in [3.05, 3.63) is 53.3 Å². The van der Waals surface area contributed by atoms with Crippen LogP contribution in [0.15, 0.2) is 41.3 Å². The molecule has 1 heterocycles. The molecule has 0 radical (unpaired) electrons. The van der Waals surface area contributed by atoms with Crippen LogP contribution in [0.3, 0.4) is 0 Å². The van der Waals surface area contributed by atoms with E-state index in [4.69, 9.17) is 4.74 Å². The number of aryl methyl sites for hydroxylation is 2. The van der Waals surface area contributed by atoms with Gasteiger partial charge in [0, 0.05) is 25.8 Å². The van der Waals surface area contributed by atoms with Crippen molar-refractivity contribution in [1.29, 1.82) is 0 Å². The highest BCUT2D eigenvalue weighted by Crippen LogP contribution is 2.31. The molecule has 3 rings (SSSR count). The van der Waals surface area contributed by atoms with E-state index in [0.717, 1.165) is 28.9 Å². The lowest BCUT2D eigenvalue weighted by molar-refractivity contribution is -0.123. The lowest BCUT2D eigenvalue weighted by Gasteiger charge is -2.33. The third-order valence-corrected chi connectivity index (χ3v) is 7.57. The smallest absolute Gasteiger partial charge is 0.246 e. The number of hydrogen-bond acceptors (Lipinski definition) is 4. The fourth-order valence-corrected chi connectivity index (χ4v) is 5.38. The summed E-state index contributed by atoms with van der Waals surface area (Å²) in [4.78, 5) is 14.5. The van der Waals surface area contributed by atoms with E-state index in [2.05, 4.69) is 0 Å². The number of carbonyl (C=O) groups is 1. The minimum absolute atomic E-state index is 0.0516. The molecule has 0 N–H and O–H groups in total. The van der Waals surface area contributed by atoms with Gasteiger partial charge in [0.2, 0.25) is 15.9 Å². The predicted octanol–water partition coefficient (Wildman–Crippen LogP) is 3.51. The first-order chi connectivity index (χ1) is 14.1. The van der Waals surface area contributed by atoms with Gasteiger partial charge in [0.25, 0.3) is 0 Å². The molecule has 1 aliphatic rings. The molecule has 0 spiro atoms. The van der Waals surface area contributed by atoms with Gasteiger partial charge in [-0.25, -0.2) is 12.8 Å². The third kappa shape index (κ3) is 4.34. The number of halogens is 1. The average Bonchev–Trinajstić information content (AvgIpc) is 2.74. The molecule has 1 atom stereocenters. The average molecular weight is 435 g/mol. The molecule has 6 nitrogen and oxygen atoms in total. The van der Waals surface area contributed by atoms with Crippen LogP contribution in [-0.4, -0.2) is 45.9 Å². The number of methoxy groups -OCH3 is 1. The lowest BCUT2D eigenvalue weighted by atomic mass is 9.98. The minimum Gasteiger partial charge on any atom is -0.495 e. The first-order valence-electron chi connectivity index (χ1n) is 9.83. The second-order valence-electron chi connectivity index (χ2n) is 7.66. The zero-order valence-electron chi connectivity index (χ0n) is 17.7. The molecule has 162 valence electrons. The van der Waals surface area contributed by atoms with Crippen LogP contribution in [0.4, 0.5) is 10.1 Å². The largest absolute Gasteiger partial charge is 0.495 e. The molecule has 0 aliphatic carbocycles. The molecule has 1 aliphatic heterocycles. The Bertz CT molecular complexity index is 1060. The molecule has 2 aromatic rings. The topological polar surface area (TPSA) is 66.9 Å². The van der Waals surface area contributed by atoms with Crippen molar-refractivity contribution in [2.24, 2.45) is 5.92 Å². The van der Waals surface area contributed by atoms with Gasteiger partial charge in [0.15, 0.2) is 0 Å². The SMILES string of the molecule is COc1ccc(F)cc1S(=O)(=O)N1CCCC(C(=O)N(C)c2ccc(C)c(C)c2)C1. The van der Waals surface area contributed by atoms with Crippen molar-refractivity contribution in [3.63, 3.8) is 0 Å². The van der Waals surface area contributed by atoms with Gasteiger partial charge in [0.1, 0.15) is 16.5 Å². The maximum atomic E-state index is 13.7. The van der Waals surface area contributed by atoms with Crippen molar-refractivity contribution >= 4 is 21.6 Å². The number of nitrogens with zero attached hydrogens (tertiary/aromatic N) is 2. The number of ether oxygens (including phenoxy) is 1. The van der Waals surface area contributed by atoms with Crippen LogP contribution in [0.1, 0.15) is 24.0 Å². The van der Waals surface area contributed by atoms with Crippen LogP contribution in [0.2, 0.25) is 0 Å². The monoisotopic (exact) mass is 434 g/mol. The van der Waals surface area contributed by atoms with E-state index in [1.54, 1.807) is 11.9 Å². The number of carbonyl (C=O) groups excluding carboxylic acids is 1. The zero-order chi connectivity index (χ0) is 22.1. The number of piperidine rings is 1. The number of amides is 1. The number of sulfonamides is 1. The van der Waals surface area contributed by atoms with Gasteiger partial charge in [-0.3, -0.25) is 4.79 Å². The van der Waals surface area contributed by atoms with E-state index in [1.807, 2.05) is 32.0 Å². The molecule has 1 amide bonds. The molecule has 0 aromatic heterocycles. The Kier molecular flexibility index (Phi) is 6.47. The Balaban J connectivity index is 1.83. The highest BCUT2D eigenvalue weighted by Gasteiger charge is 2.36. The van der Waals surface area contributed by atoms with Crippen molar-refractivity contribution in [3.8, 4) is 5.75 Å². The first kappa shape index (κ1) is 22.2. The van der Waals surface area contributed by atoms with E-state index in [-0.39, 0.29) is 29.6 Å². The van der Waals surface area contributed by atoms with E-state index in [9.17, 15) is 17.6 Å². The Hall–Kier alpha value is -2.45. The zero-order valence-corrected chi connectivity index (χ0v) is 18.5. The predicted molar refractivity (Wildman–Crippen MR) is 114 cm³/mol. The van der Waals surface area contributed by atoms with Gasteiger partial charge in [-0.2, -0.15) is 4.31 Å². The van der Waals surface area contributed by atoms with Crippen molar-refractivity contribution in [1.82, 2.24) is 4.31 Å². The maximum Gasteiger partial charge on any atom is 0.246 e. The summed E-state index contributed by atoms with van der Waals surface area (Å²) in [5.74, 6) is -1.19. The molecule has 0 saturated carbocycles. The van der Waals surface area contributed by atoms with E-state index in [1.165, 1.54) is 17.5 Å². The second-order valence-corrected chi connectivity index (χ2v) is 9.57. The molecule has 8 heteroatoms. The number of hydrogen-bond donors (Lipinski definition) is 0. The molecule has 0 bridgehead atoms. The lowest BCUT2D eigenvalue weighted by Crippen LogP contribution is -2.46. The summed E-state index contributed by atoms with van der Waals surface area (Å²) >= 11 is 0. The number of rotatable bonds is 5. The first-order valence-corrected chi connectivity index (χ1v) is 11.3. The maximum absolute atomic E-state index is 13.7. The van der Waals surface area contributed by atoms with Gasteiger partial charge < -0.3 is 9.64 Å². The van der Waals surface area contributed by atoms with Crippen molar-refractivity contribution < 1.29 is 22.3 Å². The van der Waals surface area contributed by atoms with Crippen LogP contribution in [0, 0.1) is 25.6 Å². The fourth-order valence-electron chi connectivity index (χ4n) is 3.69. The number of benzene rings is 2. The fraction of sp³-hybridized carbons (Fsp3) is 0.409.